The largest absolute Gasteiger partial charge is 0.294 e. The van der Waals surface area contributed by atoms with Crippen molar-refractivity contribution in [1.29, 1.82) is 0 Å². The molecular formula is C16H19FOS. The lowest BCUT2D eigenvalue weighted by atomic mass is 9.98. The summed E-state index contributed by atoms with van der Waals surface area (Å²) in [6.45, 7) is 0. The number of hydrogen-bond donors (Lipinski definition) is 0. The van der Waals surface area contributed by atoms with Crippen LogP contribution in [0.1, 0.15) is 38.5 Å². The molecule has 1 aliphatic rings. The molecule has 0 fully saturated rings. The summed E-state index contributed by atoms with van der Waals surface area (Å²) in [4.78, 5) is 13.1. The minimum absolute atomic E-state index is 0.233. The van der Waals surface area contributed by atoms with Gasteiger partial charge >= 0.3 is 0 Å². The van der Waals surface area contributed by atoms with Gasteiger partial charge in [-0.2, -0.15) is 0 Å². The number of carbonyl (C=O) groups is 1. The molecule has 1 nitrogen and oxygen atoms in total. The van der Waals surface area contributed by atoms with E-state index < -0.39 is 0 Å². The summed E-state index contributed by atoms with van der Waals surface area (Å²) < 4.78 is 12.8. The highest BCUT2D eigenvalue weighted by molar-refractivity contribution is 8.00. The molecule has 0 N–H and O–H groups in total. The van der Waals surface area contributed by atoms with Gasteiger partial charge in [0.25, 0.3) is 0 Å². The zero-order chi connectivity index (χ0) is 13.5. The fourth-order valence-corrected chi connectivity index (χ4v) is 3.03. The Morgan fingerprint density at radius 1 is 1.11 bits per heavy atom. The third-order valence-corrected chi connectivity index (χ3v) is 4.34. The van der Waals surface area contributed by atoms with Crippen molar-refractivity contribution in [3.8, 4) is 0 Å². The number of hydrogen-bond acceptors (Lipinski definition) is 2. The summed E-state index contributed by atoms with van der Waals surface area (Å²) in [5.74, 6) is 0.451. The average Bonchev–Trinajstić information content (AvgIpc) is 2.37. The van der Waals surface area contributed by atoms with Gasteiger partial charge in [-0.05, 0) is 55.5 Å². The van der Waals surface area contributed by atoms with Crippen molar-refractivity contribution in [1.82, 2.24) is 0 Å². The maximum Gasteiger partial charge on any atom is 0.168 e. The van der Waals surface area contributed by atoms with Crippen molar-refractivity contribution in [2.45, 2.75) is 43.4 Å². The average molecular weight is 278 g/mol. The molecule has 19 heavy (non-hydrogen) atoms. The van der Waals surface area contributed by atoms with Crippen LogP contribution in [0.2, 0.25) is 0 Å². The van der Waals surface area contributed by atoms with E-state index in [-0.39, 0.29) is 11.6 Å². The van der Waals surface area contributed by atoms with Gasteiger partial charge in [0.05, 0.1) is 5.75 Å². The van der Waals surface area contributed by atoms with Crippen molar-refractivity contribution >= 4 is 17.5 Å². The Morgan fingerprint density at radius 2 is 1.84 bits per heavy atom. The van der Waals surface area contributed by atoms with Gasteiger partial charge in [0.15, 0.2) is 5.78 Å². The van der Waals surface area contributed by atoms with Gasteiger partial charge < -0.3 is 0 Å². The second kappa shape index (κ2) is 7.49. The third kappa shape index (κ3) is 4.83. The molecule has 0 saturated carbocycles. The molecule has 0 amide bonds. The third-order valence-electron chi connectivity index (χ3n) is 3.33. The zero-order valence-corrected chi connectivity index (χ0v) is 11.8. The lowest BCUT2D eigenvalue weighted by Gasteiger charge is -2.10. The molecule has 1 aliphatic carbocycles. The topological polar surface area (TPSA) is 17.1 Å². The molecule has 0 aromatic heterocycles. The number of carbonyl (C=O) groups excluding carboxylic acids is 1. The Bertz CT molecular complexity index is 450. The van der Waals surface area contributed by atoms with Crippen LogP contribution >= 0.6 is 11.8 Å². The molecule has 102 valence electrons. The van der Waals surface area contributed by atoms with Gasteiger partial charge in [-0.25, -0.2) is 4.39 Å². The summed E-state index contributed by atoms with van der Waals surface area (Å²) >= 11 is 1.49. The van der Waals surface area contributed by atoms with Crippen LogP contribution in [0.4, 0.5) is 4.39 Å². The highest BCUT2D eigenvalue weighted by atomic mass is 32.2. The van der Waals surface area contributed by atoms with E-state index in [2.05, 4.69) is 6.08 Å². The number of benzene rings is 1. The number of ketones is 1. The van der Waals surface area contributed by atoms with Gasteiger partial charge in [-0.3, -0.25) is 4.79 Å². The smallest absolute Gasteiger partial charge is 0.168 e. The van der Waals surface area contributed by atoms with E-state index in [1.165, 1.54) is 43.2 Å². The molecular weight excluding hydrogens is 259 g/mol. The highest BCUT2D eigenvalue weighted by Gasteiger charge is 2.11. The van der Waals surface area contributed by atoms with Gasteiger partial charge in [0.2, 0.25) is 0 Å². The van der Waals surface area contributed by atoms with Crippen LogP contribution in [-0.2, 0) is 4.79 Å². The normalized spacial score (nSPS) is 19.1. The number of thioether (sulfide) groups is 1. The van der Waals surface area contributed by atoms with Crippen molar-refractivity contribution < 1.29 is 9.18 Å². The molecule has 1 aromatic rings. The van der Waals surface area contributed by atoms with Crippen molar-refractivity contribution in [3.05, 3.63) is 41.7 Å². The van der Waals surface area contributed by atoms with Gasteiger partial charge in [-0.15, -0.1) is 11.8 Å². The van der Waals surface area contributed by atoms with E-state index in [1.807, 2.05) is 0 Å². The molecule has 0 saturated heterocycles. The maximum absolute atomic E-state index is 12.8. The molecule has 0 atom stereocenters. The predicted molar refractivity (Wildman–Crippen MR) is 77.9 cm³/mol. The van der Waals surface area contributed by atoms with Crippen LogP contribution in [0, 0.1) is 5.82 Å². The Hall–Kier alpha value is -1.09. The van der Waals surface area contributed by atoms with Crippen molar-refractivity contribution in [2.24, 2.45) is 0 Å². The van der Waals surface area contributed by atoms with Crippen LogP contribution in [0.5, 0.6) is 0 Å². The molecule has 0 aliphatic heterocycles. The lowest BCUT2D eigenvalue weighted by Crippen LogP contribution is -2.07. The van der Waals surface area contributed by atoms with Crippen molar-refractivity contribution in [3.63, 3.8) is 0 Å². The number of allylic oxidation sites excluding steroid dienone is 2. The van der Waals surface area contributed by atoms with E-state index in [4.69, 9.17) is 0 Å². The maximum atomic E-state index is 12.8. The lowest BCUT2D eigenvalue weighted by molar-refractivity contribution is -0.113. The van der Waals surface area contributed by atoms with Crippen LogP contribution < -0.4 is 0 Å². The van der Waals surface area contributed by atoms with Crippen LogP contribution in [-0.4, -0.2) is 11.5 Å². The van der Waals surface area contributed by atoms with E-state index in [9.17, 15) is 9.18 Å². The van der Waals surface area contributed by atoms with E-state index in [0.717, 1.165) is 29.7 Å². The first-order valence-electron chi connectivity index (χ1n) is 6.86. The standard InChI is InChI=1S/C16H19FOS/c17-14-8-10-15(11-9-14)19-12-16(18)13-6-4-2-1-3-5-7-13/h6,8-11H,1-5,7,12H2/b13-6+. The molecule has 0 spiro atoms. The second-order valence-electron chi connectivity index (χ2n) is 4.85. The van der Waals surface area contributed by atoms with E-state index in [1.54, 1.807) is 12.1 Å². The Labute approximate surface area is 118 Å². The first kappa shape index (κ1) is 14.3. The Kier molecular flexibility index (Phi) is 5.64. The van der Waals surface area contributed by atoms with Gasteiger partial charge in [0, 0.05) is 4.90 Å². The SMILES string of the molecule is O=C(CSc1ccc(F)cc1)/C1=C/CCCCCC1. The van der Waals surface area contributed by atoms with Crippen LogP contribution in [0.15, 0.2) is 40.8 Å². The molecule has 0 heterocycles. The van der Waals surface area contributed by atoms with Crippen LogP contribution in [0.3, 0.4) is 0 Å². The highest BCUT2D eigenvalue weighted by Crippen LogP contribution is 2.22. The van der Waals surface area contributed by atoms with Gasteiger partial charge in [0.1, 0.15) is 5.82 Å². The predicted octanol–water partition coefficient (Wildman–Crippen LogP) is 4.77. The minimum Gasteiger partial charge on any atom is -0.294 e. The first-order chi connectivity index (χ1) is 9.25. The Morgan fingerprint density at radius 3 is 2.63 bits per heavy atom. The molecule has 0 unspecified atom stereocenters. The first-order valence-corrected chi connectivity index (χ1v) is 7.85. The van der Waals surface area contributed by atoms with Gasteiger partial charge in [-0.1, -0.05) is 18.9 Å². The fraction of sp³-hybridized carbons (Fsp3) is 0.438. The number of Topliss-reactive ketones (excluding diaryl/α,β-unsaturated/α-hetero) is 1. The molecule has 3 heteroatoms. The summed E-state index contributed by atoms with van der Waals surface area (Å²) in [6, 6.07) is 6.31. The van der Waals surface area contributed by atoms with Crippen LogP contribution in [0.25, 0.3) is 0 Å². The zero-order valence-electron chi connectivity index (χ0n) is 11.0. The summed E-state index contributed by atoms with van der Waals surface area (Å²) in [5, 5.41) is 0. The minimum atomic E-state index is -0.238. The quantitative estimate of drug-likeness (QED) is 0.738. The number of halogens is 1. The summed E-state index contributed by atoms with van der Waals surface area (Å²) in [5.41, 5.74) is 0.995. The monoisotopic (exact) mass is 278 g/mol. The van der Waals surface area contributed by atoms with Crippen molar-refractivity contribution in [2.75, 3.05) is 5.75 Å². The molecule has 1 aromatic carbocycles. The summed E-state index contributed by atoms with van der Waals surface area (Å²) in [7, 11) is 0. The second-order valence-corrected chi connectivity index (χ2v) is 5.90. The Balaban J connectivity index is 1.87. The summed E-state index contributed by atoms with van der Waals surface area (Å²) in [6.07, 6.45) is 8.90. The number of rotatable bonds is 4. The molecule has 0 radical (unpaired) electrons. The van der Waals surface area contributed by atoms with E-state index >= 15 is 0 Å². The molecule has 2 rings (SSSR count). The fourth-order valence-electron chi connectivity index (χ4n) is 2.22. The van der Waals surface area contributed by atoms with E-state index in [0.29, 0.717) is 5.75 Å². The molecule has 0 bridgehead atoms.